The lowest BCUT2D eigenvalue weighted by atomic mass is 10.1. The van der Waals surface area contributed by atoms with Crippen molar-refractivity contribution in [2.24, 2.45) is 0 Å². The Balaban J connectivity index is 2.46. The van der Waals surface area contributed by atoms with Gasteiger partial charge in [-0.3, -0.25) is 4.79 Å². The van der Waals surface area contributed by atoms with E-state index in [1.807, 2.05) is 24.3 Å². The summed E-state index contributed by atoms with van der Waals surface area (Å²) in [5, 5.41) is 0. The predicted octanol–water partition coefficient (Wildman–Crippen LogP) is 2.83. The van der Waals surface area contributed by atoms with Gasteiger partial charge in [-0.15, -0.1) is 11.6 Å². The lowest BCUT2D eigenvalue weighted by molar-refractivity contribution is -0.117. The Morgan fingerprint density at radius 1 is 1.40 bits per heavy atom. The largest absolute Gasteiger partial charge is 0.493 e. The summed E-state index contributed by atoms with van der Waals surface area (Å²) in [4.78, 5) is 10.9. The van der Waals surface area contributed by atoms with Crippen molar-refractivity contribution in [3.05, 3.63) is 29.8 Å². The Bertz CT molecular complexity index is 323. The lowest BCUT2D eigenvalue weighted by Crippen LogP contribution is -2.07. The van der Waals surface area contributed by atoms with Crippen LogP contribution in [0.1, 0.15) is 18.9 Å². The van der Waals surface area contributed by atoms with E-state index in [0.717, 1.165) is 17.7 Å². The van der Waals surface area contributed by atoms with Crippen molar-refractivity contribution in [3.8, 4) is 5.75 Å². The van der Waals surface area contributed by atoms with Crippen molar-refractivity contribution in [1.29, 1.82) is 0 Å². The van der Waals surface area contributed by atoms with Gasteiger partial charge in [0.2, 0.25) is 0 Å². The smallest absolute Gasteiger partial charge is 0.150 e. The van der Waals surface area contributed by atoms with E-state index in [9.17, 15) is 4.79 Å². The van der Waals surface area contributed by atoms with Crippen molar-refractivity contribution in [1.82, 2.24) is 0 Å². The third-order valence-electron chi connectivity index (χ3n) is 2.14. The highest BCUT2D eigenvalue weighted by Crippen LogP contribution is 2.18. The lowest BCUT2D eigenvalue weighted by Gasteiger charge is -2.09. The Kier molecular flexibility index (Phi) is 5.19. The first-order chi connectivity index (χ1) is 7.27. The zero-order chi connectivity index (χ0) is 11.1. The molecule has 0 unspecified atom stereocenters. The Morgan fingerprint density at radius 3 is 2.80 bits per heavy atom. The van der Waals surface area contributed by atoms with Gasteiger partial charge in [0.15, 0.2) is 5.78 Å². The van der Waals surface area contributed by atoms with Crippen molar-refractivity contribution in [3.63, 3.8) is 0 Å². The number of para-hydroxylation sites is 1. The molecule has 15 heavy (non-hydrogen) atoms. The highest BCUT2D eigenvalue weighted by molar-refractivity contribution is 6.27. The van der Waals surface area contributed by atoms with Crippen molar-refractivity contribution < 1.29 is 9.53 Å². The standard InChI is InChI=1S/C12H15ClO2/c1-2-10-5-3-4-6-12(10)15-8-7-11(14)9-13/h3-6H,2,7-9H2,1H3. The van der Waals surface area contributed by atoms with Crippen LogP contribution in [0, 0.1) is 0 Å². The summed E-state index contributed by atoms with van der Waals surface area (Å²) < 4.78 is 5.52. The fourth-order valence-electron chi connectivity index (χ4n) is 1.28. The average Bonchev–Trinajstić information content (AvgIpc) is 2.29. The van der Waals surface area contributed by atoms with Crippen molar-refractivity contribution >= 4 is 17.4 Å². The van der Waals surface area contributed by atoms with Gasteiger partial charge in [-0.25, -0.2) is 0 Å². The molecule has 0 aliphatic carbocycles. The number of ether oxygens (including phenoxy) is 1. The second-order valence-corrected chi connectivity index (χ2v) is 3.50. The van der Waals surface area contributed by atoms with Crippen LogP contribution < -0.4 is 4.74 Å². The first-order valence-corrected chi connectivity index (χ1v) is 5.59. The molecule has 0 bridgehead atoms. The second-order valence-electron chi connectivity index (χ2n) is 3.23. The summed E-state index contributed by atoms with van der Waals surface area (Å²) in [5.74, 6) is 0.951. The van der Waals surface area contributed by atoms with Gasteiger partial charge in [0, 0.05) is 6.42 Å². The molecule has 0 heterocycles. The van der Waals surface area contributed by atoms with Gasteiger partial charge in [0.05, 0.1) is 12.5 Å². The van der Waals surface area contributed by atoms with Gasteiger partial charge in [-0.1, -0.05) is 25.1 Å². The van der Waals surface area contributed by atoms with E-state index >= 15 is 0 Å². The van der Waals surface area contributed by atoms with Gasteiger partial charge >= 0.3 is 0 Å². The molecule has 0 amide bonds. The van der Waals surface area contributed by atoms with Crippen LogP contribution in [0.4, 0.5) is 0 Å². The maximum Gasteiger partial charge on any atom is 0.150 e. The summed E-state index contributed by atoms with van der Waals surface area (Å²) >= 11 is 5.39. The van der Waals surface area contributed by atoms with E-state index in [2.05, 4.69) is 6.92 Å². The van der Waals surface area contributed by atoms with Crippen LogP contribution in [0.2, 0.25) is 0 Å². The number of hydrogen-bond donors (Lipinski definition) is 0. The minimum absolute atomic E-state index is 0.0191. The van der Waals surface area contributed by atoms with E-state index in [1.54, 1.807) is 0 Å². The Morgan fingerprint density at radius 2 is 2.13 bits per heavy atom. The topological polar surface area (TPSA) is 26.3 Å². The summed E-state index contributed by atoms with van der Waals surface area (Å²) in [6.07, 6.45) is 1.31. The molecular formula is C12H15ClO2. The highest BCUT2D eigenvalue weighted by atomic mass is 35.5. The number of Topliss-reactive ketones (excluding diaryl/α,β-unsaturated/α-hetero) is 1. The molecule has 0 radical (unpaired) electrons. The average molecular weight is 227 g/mol. The maximum absolute atomic E-state index is 10.9. The van der Waals surface area contributed by atoms with E-state index in [4.69, 9.17) is 16.3 Å². The number of aryl methyl sites for hydroxylation is 1. The van der Waals surface area contributed by atoms with E-state index in [0.29, 0.717) is 13.0 Å². The summed E-state index contributed by atoms with van der Waals surface area (Å²) in [5.41, 5.74) is 1.16. The van der Waals surface area contributed by atoms with Crippen LogP contribution in [0.5, 0.6) is 5.75 Å². The number of ketones is 1. The molecule has 2 nitrogen and oxygen atoms in total. The van der Waals surface area contributed by atoms with Crippen molar-refractivity contribution in [2.45, 2.75) is 19.8 Å². The molecule has 82 valence electrons. The van der Waals surface area contributed by atoms with Crippen molar-refractivity contribution in [2.75, 3.05) is 12.5 Å². The van der Waals surface area contributed by atoms with Crippen LogP contribution in [0.25, 0.3) is 0 Å². The summed E-state index contributed by atoms with van der Waals surface area (Å²) in [7, 11) is 0. The number of halogens is 1. The molecule has 0 aliphatic heterocycles. The fourth-order valence-corrected chi connectivity index (χ4v) is 1.41. The molecule has 0 fully saturated rings. The maximum atomic E-state index is 10.9. The predicted molar refractivity (Wildman–Crippen MR) is 61.7 cm³/mol. The molecular weight excluding hydrogens is 212 g/mol. The zero-order valence-corrected chi connectivity index (χ0v) is 9.59. The third-order valence-corrected chi connectivity index (χ3v) is 2.44. The quantitative estimate of drug-likeness (QED) is 0.698. The molecule has 0 aromatic heterocycles. The van der Waals surface area contributed by atoms with Gasteiger partial charge in [0.25, 0.3) is 0 Å². The fraction of sp³-hybridized carbons (Fsp3) is 0.417. The number of benzene rings is 1. The molecule has 0 aliphatic rings. The molecule has 0 spiro atoms. The van der Waals surface area contributed by atoms with E-state index in [-0.39, 0.29) is 11.7 Å². The van der Waals surface area contributed by atoms with Crippen LogP contribution in [0.3, 0.4) is 0 Å². The molecule has 3 heteroatoms. The van der Waals surface area contributed by atoms with Gasteiger partial charge in [0.1, 0.15) is 5.75 Å². The molecule has 0 saturated carbocycles. The molecule has 1 rings (SSSR count). The molecule has 0 atom stereocenters. The van der Waals surface area contributed by atoms with Gasteiger partial charge in [-0.05, 0) is 18.1 Å². The van der Waals surface area contributed by atoms with E-state index < -0.39 is 0 Å². The van der Waals surface area contributed by atoms with Crippen LogP contribution in [-0.4, -0.2) is 18.3 Å². The zero-order valence-electron chi connectivity index (χ0n) is 8.83. The molecule has 0 saturated heterocycles. The SMILES string of the molecule is CCc1ccccc1OCCC(=O)CCl. The highest BCUT2D eigenvalue weighted by Gasteiger charge is 2.02. The number of hydrogen-bond acceptors (Lipinski definition) is 2. The number of carbonyl (C=O) groups excluding carboxylic acids is 1. The third kappa shape index (κ3) is 3.92. The number of carbonyl (C=O) groups is 1. The monoisotopic (exact) mass is 226 g/mol. The summed E-state index contributed by atoms with van der Waals surface area (Å²) in [6, 6.07) is 7.86. The normalized spacial score (nSPS) is 10.0. The number of alkyl halides is 1. The minimum Gasteiger partial charge on any atom is -0.493 e. The molecule has 0 N–H and O–H groups in total. The van der Waals surface area contributed by atoms with Crippen LogP contribution in [0.15, 0.2) is 24.3 Å². The van der Waals surface area contributed by atoms with Gasteiger partial charge < -0.3 is 4.74 Å². The Labute approximate surface area is 95.2 Å². The van der Waals surface area contributed by atoms with Crippen LogP contribution >= 0.6 is 11.6 Å². The molecule has 1 aromatic carbocycles. The van der Waals surface area contributed by atoms with Gasteiger partial charge in [-0.2, -0.15) is 0 Å². The number of rotatable bonds is 6. The first kappa shape index (κ1) is 12.1. The summed E-state index contributed by atoms with van der Waals surface area (Å²) in [6.45, 7) is 2.48. The molecule has 1 aromatic rings. The second kappa shape index (κ2) is 6.46. The Hall–Kier alpha value is -1.02. The minimum atomic E-state index is 0.0191. The first-order valence-electron chi connectivity index (χ1n) is 5.06. The van der Waals surface area contributed by atoms with Crippen LogP contribution in [-0.2, 0) is 11.2 Å². The van der Waals surface area contributed by atoms with E-state index in [1.165, 1.54) is 0 Å².